The topological polar surface area (TPSA) is 74.6 Å². The van der Waals surface area contributed by atoms with Crippen LogP contribution in [0.1, 0.15) is 60.5 Å². The summed E-state index contributed by atoms with van der Waals surface area (Å²) in [4.78, 5) is 27.4. The highest BCUT2D eigenvalue weighted by Gasteiger charge is 2.27. The zero-order valence-electron chi connectivity index (χ0n) is 17.3. The van der Waals surface area contributed by atoms with Crippen molar-refractivity contribution < 1.29 is 14.0 Å². The Balaban J connectivity index is 1.79. The van der Waals surface area contributed by atoms with Gasteiger partial charge in [0.25, 0.3) is 5.91 Å². The molecule has 2 heterocycles. The van der Waals surface area contributed by atoms with Gasteiger partial charge in [0.1, 0.15) is 11.5 Å². The number of carbonyl (C=O) groups is 2. The van der Waals surface area contributed by atoms with Gasteiger partial charge in [0.2, 0.25) is 5.91 Å². The molecule has 1 atom stereocenters. The SMILES string of the molecule is CCCC(=O)Nc1c(Cl)cc(Cl)cc1C(=O)NCC(c1ccc(C)o1)N1CCCC1. The van der Waals surface area contributed by atoms with Gasteiger partial charge in [-0.25, -0.2) is 0 Å². The summed E-state index contributed by atoms with van der Waals surface area (Å²) < 4.78 is 5.85. The molecular weight excluding hydrogens is 425 g/mol. The van der Waals surface area contributed by atoms with Gasteiger partial charge in [0, 0.05) is 18.0 Å². The molecule has 1 aromatic heterocycles. The van der Waals surface area contributed by atoms with Gasteiger partial charge in [-0.05, 0) is 63.5 Å². The summed E-state index contributed by atoms with van der Waals surface area (Å²) in [5.41, 5.74) is 0.524. The zero-order chi connectivity index (χ0) is 21.7. The predicted octanol–water partition coefficient (Wildman–Crippen LogP) is 5.20. The van der Waals surface area contributed by atoms with Gasteiger partial charge in [-0.2, -0.15) is 0 Å². The maximum atomic E-state index is 13.0. The van der Waals surface area contributed by atoms with Crippen LogP contribution in [0.15, 0.2) is 28.7 Å². The fourth-order valence-electron chi connectivity index (χ4n) is 3.69. The molecule has 8 heteroatoms. The summed E-state index contributed by atoms with van der Waals surface area (Å²) in [5.74, 6) is 1.12. The van der Waals surface area contributed by atoms with Crippen LogP contribution in [0.25, 0.3) is 0 Å². The number of nitrogens with zero attached hydrogens (tertiary/aromatic N) is 1. The highest BCUT2D eigenvalue weighted by molar-refractivity contribution is 6.38. The van der Waals surface area contributed by atoms with E-state index in [0.29, 0.717) is 24.4 Å². The van der Waals surface area contributed by atoms with Crippen molar-refractivity contribution in [1.29, 1.82) is 0 Å². The molecule has 1 aliphatic heterocycles. The number of rotatable bonds is 8. The molecule has 0 saturated carbocycles. The molecular formula is C22H27Cl2N3O3. The fraction of sp³-hybridized carbons (Fsp3) is 0.455. The highest BCUT2D eigenvalue weighted by Crippen LogP contribution is 2.31. The number of benzene rings is 1. The number of aryl methyl sites for hydroxylation is 1. The molecule has 1 aromatic carbocycles. The van der Waals surface area contributed by atoms with Crippen molar-refractivity contribution in [2.45, 2.75) is 45.6 Å². The van der Waals surface area contributed by atoms with E-state index in [-0.39, 0.29) is 34.1 Å². The van der Waals surface area contributed by atoms with Crippen molar-refractivity contribution in [2.75, 3.05) is 25.0 Å². The summed E-state index contributed by atoms with van der Waals surface area (Å²) in [6, 6.07) is 6.86. The first kappa shape index (κ1) is 22.7. The Hall–Kier alpha value is -2.02. The van der Waals surface area contributed by atoms with E-state index in [2.05, 4.69) is 15.5 Å². The van der Waals surface area contributed by atoms with Crippen LogP contribution in [0.2, 0.25) is 10.0 Å². The third kappa shape index (κ3) is 5.56. The molecule has 3 rings (SSSR count). The van der Waals surface area contributed by atoms with Crippen LogP contribution in [-0.2, 0) is 4.79 Å². The van der Waals surface area contributed by atoms with Crippen molar-refractivity contribution in [1.82, 2.24) is 10.2 Å². The second-order valence-electron chi connectivity index (χ2n) is 7.53. The Morgan fingerprint density at radius 1 is 1.20 bits per heavy atom. The number of furan rings is 1. The summed E-state index contributed by atoms with van der Waals surface area (Å²) >= 11 is 12.4. The van der Waals surface area contributed by atoms with E-state index >= 15 is 0 Å². The number of hydrogen-bond acceptors (Lipinski definition) is 4. The molecule has 2 aromatic rings. The largest absolute Gasteiger partial charge is 0.465 e. The van der Waals surface area contributed by atoms with E-state index in [0.717, 1.165) is 37.5 Å². The first-order chi connectivity index (χ1) is 14.4. The minimum Gasteiger partial charge on any atom is -0.465 e. The Bertz CT molecular complexity index is 907. The highest BCUT2D eigenvalue weighted by atomic mass is 35.5. The van der Waals surface area contributed by atoms with Crippen molar-refractivity contribution >= 4 is 40.7 Å². The molecule has 1 saturated heterocycles. The molecule has 0 radical (unpaired) electrons. The minimum atomic E-state index is -0.348. The monoisotopic (exact) mass is 451 g/mol. The number of halogens is 2. The zero-order valence-corrected chi connectivity index (χ0v) is 18.8. The predicted molar refractivity (Wildman–Crippen MR) is 119 cm³/mol. The minimum absolute atomic E-state index is 0.0575. The lowest BCUT2D eigenvalue weighted by atomic mass is 10.1. The molecule has 30 heavy (non-hydrogen) atoms. The molecule has 1 fully saturated rings. The van der Waals surface area contributed by atoms with Crippen LogP contribution < -0.4 is 10.6 Å². The second-order valence-corrected chi connectivity index (χ2v) is 8.37. The van der Waals surface area contributed by atoms with E-state index in [4.69, 9.17) is 27.6 Å². The molecule has 6 nitrogen and oxygen atoms in total. The van der Waals surface area contributed by atoms with E-state index < -0.39 is 0 Å². The third-order valence-corrected chi connectivity index (χ3v) is 5.68. The summed E-state index contributed by atoms with van der Waals surface area (Å²) in [6.07, 6.45) is 3.29. The average molecular weight is 452 g/mol. The van der Waals surface area contributed by atoms with Crippen LogP contribution in [-0.4, -0.2) is 36.3 Å². The van der Waals surface area contributed by atoms with Gasteiger partial charge in [0.05, 0.1) is 22.3 Å². The maximum Gasteiger partial charge on any atom is 0.253 e. The summed E-state index contributed by atoms with van der Waals surface area (Å²) in [7, 11) is 0. The lowest BCUT2D eigenvalue weighted by Gasteiger charge is -2.26. The van der Waals surface area contributed by atoms with Gasteiger partial charge >= 0.3 is 0 Å². The van der Waals surface area contributed by atoms with Gasteiger partial charge in [-0.15, -0.1) is 0 Å². The van der Waals surface area contributed by atoms with Gasteiger partial charge in [-0.1, -0.05) is 30.1 Å². The molecule has 2 amide bonds. The molecule has 1 aliphatic rings. The van der Waals surface area contributed by atoms with Crippen LogP contribution >= 0.6 is 23.2 Å². The van der Waals surface area contributed by atoms with Crippen molar-refractivity contribution in [3.05, 3.63) is 51.4 Å². The lowest BCUT2D eigenvalue weighted by Crippen LogP contribution is -2.37. The van der Waals surface area contributed by atoms with E-state index in [1.165, 1.54) is 12.1 Å². The van der Waals surface area contributed by atoms with Gasteiger partial charge < -0.3 is 15.1 Å². The number of nitrogens with one attached hydrogen (secondary N) is 2. The normalized spacial score (nSPS) is 15.2. The smallest absolute Gasteiger partial charge is 0.253 e. The van der Waals surface area contributed by atoms with Crippen molar-refractivity contribution in [3.63, 3.8) is 0 Å². The number of carbonyl (C=O) groups excluding carboxylic acids is 2. The third-order valence-electron chi connectivity index (χ3n) is 5.17. The van der Waals surface area contributed by atoms with Crippen molar-refractivity contribution in [2.24, 2.45) is 0 Å². The van der Waals surface area contributed by atoms with Gasteiger partial charge in [-0.3, -0.25) is 14.5 Å². The van der Waals surface area contributed by atoms with Crippen molar-refractivity contribution in [3.8, 4) is 0 Å². The molecule has 0 aliphatic carbocycles. The van der Waals surface area contributed by atoms with E-state index in [9.17, 15) is 9.59 Å². The molecule has 0 bridgehead atoms. The summed E-state index contributed by atoms with van der Waals surface area (Å²) in [5, 5.41) is 6.28. The number of hydrogen-bond donors (Lipinski definition) is 2. The van der Waals surface area contributed by atoms with Crippen LogP contribution in [0.3, 0.4) is 0 Å². The van der Waals surface area contributed by atoms with Gasteiger partial charge in [0.15, 0.2) is 0 Å². The molecule has 162 valence electrons. The number of anilines is 1. The number of likely N-dealkylation sites (tertiary alicyclic amines) is 1. The second kappa shape index (κ2) is 10.3. The average Bonchev–Trinajstić information content (AvgIpc) is 3.36. The molecule has 1 unspecified atom stereocenters. The first-order valence-electron chi connectivity index (χ1n) is 10.3. The standard InChI is InChI=1S/C22H27Cl2N3O3/c1-3-6-20(28)26-21-16(11-15(23)12-17(21)24)22(29)25-13-18(27-9-4-5-10-27)19-8-7-14(2)30-19/h7-8,11-12,18H,3-6,9-10,13H2,1-2H3,(H,25,29)(H,26,28). The first-order valence-corrected chi connectivity index (χ1v) is 11.0. The Morgan fingerprint density at radius 3 is 2.57 bits per heavy atom. The molecule has 2 N–H and O–H groups in total. The summed E-state index contributed by atoms with van der Waals surface area (Å²) in [6.45, 7) is 6.11. The van der Waals surface area contributed by atoms with E-state index in [1.54, 1.807) is 0 Å². The molecule has 0 spiro atoms. The Kier molecular flexibility index (Phi) is 7.81. The maximum absolute atomic E-state index is 13.0. The quantitative estimate of drug-likeness (QED) is 0.578. The van der Waals surface area contributed by atoms with E-state index in [1.807, 2.05) is 26.0 Å². The Labute approximate surface area is 186 Å². The van der Waals surface area contributed by atoms with Crippen LogP contribution in [0, 0.1) is 6.92 Å². The number of amides is 2. The fourth-order valence-corrected chi connectivity index (χ4v) is 4.23. The van der Waals surface area contributed by atoms with Crippen LogP contribution in [0.5, 0.6) is 0 Å². The van der Waals surface area contributed by atoms with Crippen LogP contribution in [0.4, 0.5) is 5.69 Å². The Morgan fingerprint density at radius 2 is 1.93 bits per heavy atom. The lowest BCUT2D eigenvalue weighted by molar-refractivity contribution is -0.116.